The number of sulfonamides is 1. The summed E-state index contributed by atoms with van der Waals surface area (Å²) in [6, 6.07) is -1.08. The zero-order chi connectivity index (χ0) is 39.1. The Hall–Kier alpha value is -2.82. The number of nitrogens with zero attached hydrogens (tertiary/aromatic N) is 2. The third kappa shape index (κ3) is 9.45. The fourth-order valence-corrected chi connectivity index (χ4v) is 10.4. The number of carbonyl (C=O) groups excluding carboxylic acids is 5. The molecule has 4 rings (SSSR count). The maximum atomic E-state index is 14.5. The number of amides is 5. The minimum Gasteiger partial charge on any atom is -0.346 e. The predicted octanol–water partition coefficient (Wildman–Crippen LogP) is 3.90. The van der Waals surface area contributed by atoms with Gasteiger partial charge < -0.3 is 26.2 Å². The zero-order valence-corrected chi connectivity index (χ0v) is 34.9. The summed E-state index contributed by atoms with van der Waals surface area (Å²) in [5.41, 5.74) is -1.57. The number of ketones is 1. The van der Waals surface area contributed by atoms with E-state index in [0.29, 0.717) is 16.8 Å². The van der Waals surface area contributed by atoms with Crippen molar-refractivity contribution in [2.24, 2.45) is 34.0 Å². The highest BCUT2D eigenvalue weighted by molar-refractivity contribution is 9.11. The van der Waals surface area contributed by atoms with Crippen LogP contribution >= 0.6 is 27.3 Å². The van der Waals surface area contributed by atoms with Crippen molar-refractivity contribution in [2.75, 3.05) is 26.7 Å². The van der Waals surface area contributed by atoms with Gasteiger partial charge in [-0.25, -0.2) is 13.2 Å². The second kappa shape index (κ2) is 15.5. The maximum absolute atomic E-state index is 14.5. The molecule has 1 aromatic heterocycles. The molecule has 2 aliphatic carbocycles. The molecule has 13 nitrogen and oxygen atoms in total. The van der Waals surface area contributed by atoms with Crippen molar-refractivity contribution in [1.29, 1.82) is 0 Å². The van der Waals surface area contributed by atoms with Gasteiger partial charge in [-0.1, -0.05) is 74.3 Å². The number of likely N-dealkylation sites (N-methyl/N-ethyl adjacent to an activating group) is 1. The van der Waals surface area contributed by atoms with Crippen molar-refractivity contribution < 1.29 is 32.4 Å². The van der Waals surface area contributed by atoms with Crippen LogP contribution in [0.15, 0.2) is 32.8 Å². The summed E-state index contributed by atoms with van der Waals surface area (Å²) in [6.45, 7) is 19.2. The Morgan fingerprint density at radius 1 is 1.06 bits per heavy atom. The molecule has 52 heavy (non-hydrogen) atoms. The number of fused-ring (bicyclic) bond motifs is 1. The molecule has 4 N–H and O–H groups in total. The fourth-order valence-electron chi connectivity index (χ4n) is 7.03. The second-order valence-electron chi connectivity index (χ2n) is 17.2. The lowest BCUT2D eigenvalue weighted by molar-refractivity contribution is -0.145. The van der Waals surface area contributed by atoms with Gasteiger partial charge in [0.05, 0.1) is 9.83 Å². The van der Waals surface area contributed by atoms with Gasteiger partial charge in [0.25, 0.3) is 15.9 Å². The number of rotatable bonds is 15. The van der Waals surface area contributed by atoms with Crippen LogP contribution in [0.25, 0.3) is 0 Å². The number of likely N-dealkylation sites (tertiary alicyclic amines) is 1. The molecule has 0 bridgehead atoms. The van der Waals surface area contributed by atoms with E-state index < -0.39 is 74.6 Å². The molecule has 1 unspecified atom stereocenters. The van der Waals surface area contributed by atoms with E-state index in [1.165, 1.54) is 28.4 Å². The molecule has 0 aromatic carbocycles. The van der Waals surface area contributed by atoms with E-state index in [0.717, 1.165) is 24.2 Å². The number of Topliss-reactive ketones (excluding diaryl/α,β-unsaturated/α-hetero) is 1. The van der Waals surface area contributed by atoms with Crippen LogP contribution in [0.5, 0.6) is 0 Å². The first-order chi connectivity index (χ1) is 23.9. The summed E-state index contributed by atoms with van der Waals surface area (Å²) in [5.74, 6) is -2.34. The van der Waals surface area contributed by atoms with E-state index >= 15 is 0 Å². The average molecular weight is 828 g/mol. The van der Waals surface area contributed by atoms with Crippen molar-refractivity contribution in [2.45, 2.75) is 103 Å². The van der Waals surface area contributed by atoms with Gasteiger partial charge in [0.2, 0.25) is 17.6 Å². The molecular weight excluding hydrogens is 772 g/mol. The first kappa shape index (κ1) is 41.9. The van der Waals surface area contributed by atoms with Crippen LogP contribution in [0.1, 0.15) is 74.7 Å². The van der Waals surface area contributed by atoms with Gasteiger partial charge in [0.15, 0.2) is 0 Å². The van der Waals surface area contributed by atoms with E-state index in [-0.39, 0.29) is 40.5 Å². The SMILES string of the molecule is C=CCNC(=O)C(=O)C(CC1CC1)NC(=O)[C@@H]1[C@@H]2[C@H](CN1C(=O)[C@@H](NC(=O)N[C@H](CN(C)S(=O)(=O)c1ccc(Br)s1)C(C)(C)C)C(C)(C)C)C2(C)C. The third-order valence-electron chi connectivity index (χ3n) is 10.7. The quantitative estimate of drug-likeness (QED) is 0.153. The molecule has 1 aliphatic heterocycles. The van der Waals surface area contributed by atoms with Crippen LogP contribution in [0.4, 0.5) is 4.79 Å². The standard InChI is InChI=1S/C36H55BrN6O7S2/c1-11-16-38-31(46)28(44)22(17-20-12-13-20)39-30(45)27-26-21(36(26,8)9)18-43(27)32(47)29(35(5,6)7)41-33(48)40-23(34(2,3)4)19-42(10)52(49,50)25-15-14-24(37)51-25/h11,14-15,20-23,26-27,29H,1,12-13,16-19H2,2-10H3,(H,38,46)(H,39,45)(H2,40,41,48)/t21-,22?,23+,26-,27-,29+/m0/s1. The van der Waals surface area contributed by atoms with Crippen LogP contribution in [0.2, 0.25) is 0 Å². The topological polar surface area (TPSA) is 174 Å². The largest absolute Gasteiger partial charge is 0.346 e. The molecule has 3 fully saturated rings. The molecule has 6 atom stereocenters. The number of hydrogen-bond acceptors (Lipinski definition) is 8. The molecule has 290 valence electrons. The predicted molar refractivity (Wildman–Crippen MR) is 204 cm³/mol. The number of nitrogens with one attached hydrogen (secondary N) is 4. The Morgan fingerprint density at radius 3 is 2.21 bits per heavy atom. The summed E-state index contributed by atoms with van der Waals surface area (Å²) in [7, 11) is -2.36. The van der Waals surface area contributed by atoms with Gasteiger partial charge in [-0.3, -0.25) is 19.2 Å². The van der Waals surface area contributed by atoms with Crippen molar-refractivity contribution in [3.8, 4) is 0 Å². The summed E-state index contributed by atoms with van der Waals surface area (Å²) in [4.78, 5) is 69.6. The first-order valence-electron chi connectivity index (χ1n) is 17.7. The number of halogens is 1. The van der Waals surface area contributed by atoms with E-state index in [1.54, 1.807) is 6.07 Å². The number of carbonyl (C=O) groups is 5. The molecule has 0 spiro atoms. The van der Waals surface area contributed by atoms with Crippen molar-refractivity contribution >= 4 is 66.8 Å². The smallest absolute Gasteiger partial charge is 0.315 e. The lowest BCUT2D eigenvalue weighted by atomic mass is 9.85. The molecule has 3 aliphatic rings. The highest BCUT2D eigenvalue weighted by Gasteiger charge is 2.70. The lowest BCUT2D eigenvalue weighted by Gasteiger charge is -2.39. The van der Waals surface area contributed by atoms with Gasteiger partial charge in [-0.2, -0.15) is 4.31 Å². The molecular formula is C36H55BrN6O7S2. The monoisotopic (exact) mass is 826 g/mol. The Labute approximate surface area is 320 Å². The Morgan fingerprint density at radius 2 is 1.69 bits per heavy atom. The zero-order valence-electron chi connectivity index (χ0n) is 31.7. The molecule has 2 heterocycles. The Bertz CT molecular complexity index is 1680. The van der Waals surface area contributed by atoms with Crippen LogP contribution in [0.3, 0.4) is 0 Å². The van der Waals surface area contributed by atoms with Gasteiger partial charge in [0, 0.05) is 32.7 Å². The number of urea groups is 1. The number of hydrogen-bond donors (Lipinski definition) is 4. The van der Waals surface area contributed by atoms with Crippen molar-refractivity contribution in [3.63, 3.8) is 0 Å². The normalized spacial score (nSPS) is 22.8. The van der Waals surface area contributed by atoms with Gasteiger partial charge in [-0.05, 0) is 68.5 Å². The molecule has 5 amide bonds. The third-order valence-corrected chi connectivity index (χ3v) is 14.6. The second-order valence-corrected chi connectivity index (χ2v) is 21.9. The highest BCUT2D eigenvalue weighted by atomic mass is 79.9. The summed E-state index contributed by atoms with van der Waals surface area (Å²) >= 11 is 4.41. The van der Waals surface area contributed by atoms with Gasteiger partial charge in [0.1, 0.15) is 16.3 Å². The Kier molecular flexibility index (Phi) is 12.5. The van der Waals surface area contributed by atoms with Crippen molar-refractivity contribution in [3.05, 3.63) is 28.6 Å². The van der Waals surface area contributed by atoms with Crippen LogP contribution in [-0.4, -0.2) is 98.0 Å². The van der Waals surface area contributed by atoms with Crippen LogP contribution in [-0.2, 0) is 29.2 Å². The molecule has 16 heteroatoms. The van der Waals surface area contributed by atoms with E-state index in [1.807, 2.05) is 55.4 Å². The van der Waals surface area contributed by atoms with E-state index in [4.69, 9.17) is 0 Å². The fraction of sp³-hybridized carbons (Fsp3) is 0.694. The molecule has 2 saturated carbocycles. The lowest BCUT2D eigenvalue weighted by Crippen LogP contribution is -2.62. The molecule has 1 aromatic rings. The summed E-state index contributed by atoms with van der Waals surface area (Å²) in [6.07, 6.45) is 3.63. The molecule has 0 radical (unpaired) electrons. The van der Waals surface area contributed by atoms with Gasteiger partial charge in [-0.15, -0.1) is 17.9 Å². The van der Waals surface area contributed by atoms with E-state index in [9.17, 15) is 32.4 Å². The van der Waals surface area contributed by atoms with Gasteiger partial charge >= 0.3 is 6.03 Å². The number of thiophene rings is 1. The molecule has 1 saturated heterocycles. The summed E-state index contributed by atoms with van der Waals surface area (Å²) < 4.78 is 28.7. The van der Waals surface area contributed by atoms with Crippen molar-refractivity contribution in [1.82, 2.24) is 30.5 Å². The average Bonchev–Trinajstić information content (AvgIpc) is 3.78. The minimum atomic E-state index is -3.83. The van der Waals surface area contributed by atoms with E-state index in [2.05, 4.69) is 43.8 Å². The summed E-state index contributed by atoms with van der Waals surface area (Å²) in [5, 5.41) is 11.1. The van der Waals surface area contributed by atoms with Crippen LogP contribution in [0, 0.1) is 34.0 Å². The van der Waals surface area contributed by atoms with Crippen LogP contribution < -0.4 is 21.3 Å². The number of piperidine rings is 1. The Balaban J connectivity index is 1.52. The highest BCUT2D eigenvalue weighted by Crippen LogP contribution is 2.65. The minimum absolute atomic E-state index is 0.0257. The first-order valence-corrected chi connectivity index (χ1v) is 20.8. The maximum Gasteiger partial charge on any atom is 0.315 e.